The van der Waals surface area contributed by atoms with Gasteiger partial charge in [0, 0.05) is 38.9 Å². The first-order valence-corrected chi connectivity index (χ1v) is 17.7. The topological polar surface area (TPSA) is 66.9 Å². The van der Waals surface area contributed by atoms with E-state index in [1.807, 2.05) is 4.90 Å². The number of carbonyl (C=O) groups excluding carboxylic acids is 3. The number of ether oxygens (including phenoxy) is 1. The number of nitrogens with zero attached hydrogens (tertiary/aromatic N) is 2. The molecule has 0 radical (unpaired) electrons. The van der Waals surface area contributed by atoms with Crippen LogP contribution in [0.1, 0.15) is 162 Å². The molecule has 1 fully saturated rings. The third-order valence-corrected chi connectivity index (χ3v) is 8.70. The third kappa shape index (κ3) is 21.9. The average Bonchev–Trinajstić information content (AvgIpc) is 3.50. The Hall–Kier alpha value is -1.43. The Morgan fingerprint density at radius 1 is 0.732 bits per heavy atom. The van der Waals surface area contributed by atoms with Crippen LogP contribution in [0.5, 0.6) is 0 Å². The maximum Gasteiger partial charge on any atom is 0.305 e. The highest BCUT2D eigenvalue weighted by Gasteiger charge is 2.17. The Labute approximate surface area is 253 Å². The van der Waals surface area contributed by atoms with E-state index in [0.717, 1.165) is 89.9 Å². The zero-order valence-electron chi connectivity index (χ0n) is 27.2. The Kier molecular flexibility index (Phi) is 25.1. The van der Waals surface area contributed by atoms with Gasteiger partial charge < -0.3 is 19.3 Å². The van der Waals surface area contributed by atoms with Gasteiger partial charge in [-0.25, -0.2) is 0 Å². The first-order valence-electron chi connectivity index (χ1n) is 17.7. The van der Waals surface area contributed by atoms with E-state index in [1.165, 1.54) is 83.5 Å². The minimum atomic E-state index is -0.0684. The molecule has 1 aliphatic heterocycles. The van der Waals surface area contributed by atoms with E-state index in [1.54, 1.807) is 0 Å². The molecule has 0 spiro atoms. The molecule has 0 atom stereocenters. The van der Waals surface area contributed by atoms with Crippen molar-refractivity contribution in [3.63, 3.8) is 0 Å². The minimum absolute atomic E-state index is 0.0684. The lowest BCUT2D eigenvalue weighted by Gasteiger charge is -2.24. The van der Waals surface area contributed by atoms with Crippen LogP contribution in [0.15, 0.2) is 0 Å². The van der Waals surface area contributed by atoms with Crippen molar-refractivity contribution >= 4 is 18.2 Å². The highest BCUT2D eigenvalue weighted by atomic mass is 16.5. The number of amides is 1. The van der Waals surface area contributed by atoms with Gasteiger partial charge >= 0.3 is 5.97 Å². The molecule has 0 aromatic carbocycles. The molecule has 0 N–H and O–H groups in total. The normalized spacial score (nSPS) is 13.6. The van der Waals surface area contributed by atoms with Crippen molar-refractivity contribution in [2.45, 2.75) is 162 Å². The summed E-state index contributed by atoms with van der Waals surface area (Å²) >= 11 is 0. The number of aldehydes is 1. The Balaban J connectivity index is 2.24. The van der Waals surface area contributed by atoms with Crippen molar-refractivity contribution in [1.29, 1.82) is 0 Å². The van der Waals surface area contributed by atoms with Crippen LogP contribution in [0.2, 0.25) is 0 Å². The lowest BCUT2D eigenvalue weighted by Crippen LogP contribution is -2.35. The van der Waals surface area contributed by atoms with Gasteiger partial charge in [0.1, 0.15) is 6.29 Å². The summed E-state index contributed by atoms with van der Waals surface area (Å²) in [7, 11) is 0. The van der Waals surface area contributed by atoms with E-state index in [9.17, 15) is 14.4 Å². The highest BCUT2D eigenvalue weighted by Crippen LogP contribution is 2.23. The molecule has 0 aromatic heterocycles. The molecule has 1 saturated heterocycles. The fourth-order valence-electron chi connectivity index (χ4n) is 6.02. The standard InChI is InChI=1S/C35H66N2O4/c1-3-5-7-12-21-33(22-13-8-6-4-2)23-20-32-41-35(40)24-14-11-16-29-37(28-15-9-10-19-31-38)34(39)25-30-36-26-17-18-27-36/h31,33H,3-30,32H2,1-2H3. The van der Waals surface area contributed by atoms with Gasteiger partial charge in [-0.3, -0.25) is 9.59 Å². The van der Waals surface area contributed by atoms with E-state index < -0.39 is 0 Å². The highest BCUT2D eigenvalue weighted by molar-refractivity contribution is 5.76. The SMILES string of the molecule is CCCCCCC(CCCCCC)CCCOC(=O)CCCCCN(CCCCCC=O)C(=O)CCN1CCCC1. The molecule has 1 heterocycles. The minimum Gasteiger partial charge on any atom is -0.466 e. The molecule has 0 aliphatic carbocycles. The molecule has 0 saturated carbocycles. The van der Waals surface area contributed by atoms with Crippen molar-refractivity contribution in [1.82, 2.24) is 9.80 Å². The average molecular weight is 579 g/mol. The summed E-state index contributed by atoms with van der Waals surface area (Å²) in [6.07, 6.45) is 26.2. The van der Waals surface area contributed by atoms with Crippen LogP contribution in [0.25, 0.3) is 0 Å². The molecular weight excluding hydrogens is 512 g/mol. The molecule has 0 unspecified atom stereocenters. The molecule has 41 heavy (non-hydrogen) atoms. The number of hydrogen-bond acceptors (Lipinski definition) is 5. The molecule has 240 valence electrons. The third-order valence-electron chi connectivity index (χ3n) is 8.70. The maximum atomic E-state index is 12.9. The molecule has 1 amide bonds. The molecule has 0 aromatic rings. The van der Waals surface area contributed by atoms with Crippen LogP contribution in [0, 0.1) is 5.92 Å². The van der Waals surface area contributed by atoms with Gasteiger partial charge in [0.25, 0.3) is 0 Å². The predicted octanol–water partition coefficient (Wildman–Crippen LogP) is 8.50. The van der Waals surface area contributed by atoms with E-state index in [0.29, 0.717) is 25.9 Å². The number of rotatable bonds is 29. The molecule has 1 rings (SSSR count). The lowest BCUT2D eigenvalue weighted by atomic mass is 9.91. The molecule has 6 heteroatoms. The quantitative estimate of drug-likeness (QED) is 0.0506. The second kappa shape index (κ2) is 27.4. The van der Waals surface area contributed by atoms with Gasteiger partial charge in [0.2, 0.25) is 5.91 Å². The smallest absolute Gasteiger partial charge is 0.305 e. The summed E-state index contributed by atoms with van der Waals surface area (Å²) in [6, 6.07) is 0. The second-order valence-electron chi connectivity index (χ2n) is 12.4. The number of esters is 1. The Morgan fingerprint density at radius 3 is 1.93 bits per heavy atom. The monoisotopic (exact) mass is 579 g/mol. The molecule has 0 bridgehead atoms. The van der Waals surface area contributed by atoms with Gasteiger partial charge in [0.05, 0.1) is 6.61 Å². The Morgan fingerprint density at radius 2 is 1.32 bits per heavy atom. The van der Waals surface area contributed by atoms with Crippen molar-refractivity contribution in [3.8, 4) is 0 Å². The van der Waals surface area contributed by atoms with Gasteiger partial charge in [-0.15, -0.1) is 0 Å². The van der Waals surface area contributed by atoms with Gasteiger partial charge in [0.15, 0.2) is 0 Å². The fourth-order valence-corrected chi connectivity index (χ4v) is 6.02. The van der Waals surface area contributed by atoms with Crippen molar-refractivity contribution in [2.24, 2.45) is 5.92 Å². The van der Waals surface area contributed by atoms with Crippen LogP contribution in [-0.2, 0) is 19.1 Å². The second-order valence-corrected chi connectivity index (χ2v) is 12.4. The summed E-state index contributed by atoms with van der Waals surface area (Å²) in [5, 5.41) is 0. The molecular formula is C35H66N2O4. The number of unbranched alkanes of at least 4 members (excludes halogenated alkanes) is 11. The molecule has 1 aliphatic rings. The number of likely N-dealkylation sites (tertiary alicyclic amines) is 1. The zero-order valence-corrected chi connectivity index (χ0v) is 27.2. The largest absolute Gasteiger partial charge is 0.466 e. The van der Waals surface area contributed by atoms with Crippen LogP contribution in [0.4, 0.5) is 0 Å². The summed E-state index contributed by atoms with van der Waals surface area (Å²) in [6.45, 7) is 9.74. The Bertz CT molecular complexity index is 624. The van der Waals surface area contributed by atoms with E-state index in [-0.39, 0.29) is 11.9 Å². The summed E-state index contributed by atoms with van der Waals surface area (Å²) < 4.78 is 5.58. The first kappa shape index (κ1) is 37.6. The van der Waals surface area contributed by atoms with Gasteiger partial charge in [-0.1, -0.05) is 90.9 Å². The van der Waals surface area contributed by atoms with Crippen molar-refractivity contribution in [2.75, 3.05) is 39.3 Å². The van der Waals surface area contributed by atoms with E-state index >= 15 is 0 Å². The molecule has 6 nitrogen and oxygen atoms in total. The van der Waals surface area contributed by atoms with Gasteiger partial charge in [-0.05, 0) is 70.4 Å². The van der Waals surface area contributed by atoms with Crippen molar-refractivity contribution in [3.05, 3.63) is 0 Å². The van der Waals surface area contributed by atoms with Crippen molar-refractivity contribution < 1.29 is 19.1 Å². The summed E-state index contributed by atoms with van der Waals surface area (Å²) in [5.74, 6) is 0.968. The van der Waals surface area contributed by atoms with Crippen LogP contribution < -0.4 is 0 Å². The predicted molar refractivity (Wildman–Crippen MR) is 171 cm³/mol. The van der Waals surface area contributed by atoms with E-state index in [2.05, 4.69) is 18.7 Å². The van der Waals surface area contributed by atoms with Gasteiger partial charge in [-0.2, -0.15) is 0 Å². The fraction of sp³-hybridized carbons (Fsp3) is 0.914. The lowest BCUT2D eigenvalue weighted by molar-refractivity contribution is -0.144. The summed E-state index contributed by atoms with van der Waals surface area (Å²) in [5.41, 5.74) is 0. The number of hydrogen-bond donors (Lipinski definition) is 0. The van der Waals surface area contributed by atoms with Crippen LogP contribution >= 0.6 is 0 Å². The first-order chi connectivity index (χ1) is 20.1. The van der Waals surface area contributed by atoms with Crippen LogP contribution in [0.3, 0.4) is 0 Å². The maximum absolute atomic E-state index is 12.9. The summed E-state index contributed by atoms with van der Waals surface area (Å²) in [4.78, 5) is 40.2. The van der Waals surface area contributed by atoms with Crippen LogP contribution in [-0.4, -0.2) is 67.3 Å². The zero-order chi connectivity index (χ0) is 29.8. The number of carbonyl (C=O) groups is 3. The van der Waals surface area contributed by atoms with E-state index in [4.69, 9.17) is 4.74 Å².